The van der Waals surface area contributed by atoms with E-state index in [-0.39, 0.29) is 13.1 Å². The Morgan fingerprint density at radius 2 is 1.94 bits per heavy atom. The van der Waals surface area contributed by atoms with E-state index >= 15 is 0 Å². The van der Waals surface area contributed by atoms with E-state index in [1.165, 1.54) is 4.90 Å². The van der Waals surface area contributed by atoms with E-state index in [1.54, 1.807) is 6.08 Å². The molecule has 0 radical (unpaired) electrons. The van der Waals surface area contributed by atoms with Gasteiger partial charge in [-0.05, 0) is 13.8 Å². The molecule has 0 fully saturated rings. The van der Waals surface area contributed by atoms with Crippen LogP contribution in [0, 0.1) is 0 Å². The molecule has 17 heavy (non-hydrogen) atoms. The number of halogens is 3. The summed E-state index contributed by atoms with van der Waals surface area (Å²) in [6.07, 6.45) is -4.33. The summed E-state index contributed by atoms with van der Waals surface area (Å²) in [5.74, 6) is 0. The second-order valence-corrected chi connectivity index (χ2v) is 4.24. The van der Waals surface area contributed by atoms with E-state index in [1.807, 2.05) is 13.8 Å². The molecule has 1 atom stereocenters. The highest BCUT2D eigenvalue weighted by Gasteiger charge is 2.27. The number of hydrogen-bond acceptors (Lipinski definition) is 3. The van der Waals surface area contributed by atoms with Gasteiger partial charge in [0.1, 0.15) is 0 Å². The molecule has 0 aromatic rings. The van der Waals surface area contributed by atoms with Crippen LogP contribution in [0.15, 0.2) is 11.6 Å². The van der Waals surface area contributed by atoms with Crippen molar-refractivity contribution in [2.75, 3.05) is 26.2 Å². The van der Waals surface area contributed by atoms with Crippen molar-refractivity contribution >= 4 is 0 Å². The van der Waals surface area contributed by atoms with Gasteiger partial charge >= 0.3 is 6.18 Å². The molecule has 6 heteroatoms. The molecule has 0 aliphatic heterocycles. The number of allylic oxidation sites excluding steroid dienone is 1. The maximum Gasteiger partial charge on any atom is 0.390 e. The second-order valence-electron chi connectivity index (χ2n) is 4.24. The summed E-state index contributed by atoms with van der Waals surface area (Å²) >= 11 is 0. The van der Waals surface area contributed by atoms with Crippen molar-refractivity contribution in [3.8, 4) is 0 Å². The number of aliphatic hydroxyl groups is 2. The molecule has 0 amide bonds. The smallest absolute Gasteiger partial charge is 0.390 e. The normalized spacial score (nSPS) is 13.9. The Bertz CT molecular complexity index is 237. The van der Waals surface area contributed by atoms with Gasteiger partial charge in [-0.1, -0.05) is 11.6 Å². The number of alkyl halides is 3. The van der Waals surface area contributed by atoms with Crippen LogP contribution < -0.4 is 0 Å². The highest BCUT2D eigenvalue weighted by Crippen LogP contribution is 2.19. The van der Waals surface area contributed by atoms with Gasteiger partial charge in [0, 0.05) is 19.6 Å². The summed E-state index contributed by atoms with van der Waals surface area (Å²) in [5.41, 5.74) is 1.00. The fraction of sp³-hybridized carbons (Fsp3) is 0.818. The molecular weight excluding hydrogens is 235 g/mol. The molecule has 0 aliphatic carbocycles. The third kappa shape index (κ3) is 10.3. The zero-order valence-corrected chi connectivity index (χ0v) is 10.2. The molecule has 102 valence electrons. The highest BCUT2D eigenvalue weighted by molar-refractivity contribution is 4.95. The topological polar surface area (TPSA) is 43.7 Å². The second kappa shape index (κ2) is 7.68. The molecule has 0 bridgehead atoms. The molecule has 0 saturated heterocycles. The van der Waals surface area contributed by atoms with Crippen LogP contribution in [0.4, 0.5) is 13.2 Å². The van der Waals surface area contributed by atoms with Gasteiger partial charge in [-0.2, -0.15) is 13.2 Å². The Hall–Kier alpha value is -0.590. The summed E-state index contributed by atoms with van der Waals surface area (Å²) in [6.45, 7) is 3.46. The quantitative estimate of drug-likeness (QED) is 0.678. The van der Waals surface area contributed by atoms with Gasteiger partial charge in [0.15, 0.2) is 0 Å². The molecule has 3 nitrogen and oxygen atoms in total. The predicted octanol–water partition coefficient (Wildman–Crippen LogP) is 1.56. The van der Waals surface area contributed by atoms with Gasteiger partial charge in [-0.3, -0.25) is 4.90 Å². The van der Waals surface area contributed by atoms with Crippen molar-refractivity contribution in [2.24, 2.45) is 0 Å². The van der Waals surface area contributed by atoms with Crippen LogP contribution in [0.5, 0.6) is 0 Å². The van der Waals surface area contributed by atoms with Crippen molar-refractivity contribution in [1.29, 1.82) is 0 Å². The largest absolute Gasteiger partial charge is 0.394 e. The first-order chi connectivity index (χ1) is 7.74. The first-order valence-corrected chi connectivity index (χ1v) is 5.46. The molecule has 0 aromatic carbocycles. The maximum atomic E-state index is 12.1. The maximum absolute atomic E-state index is 12.1. The fourth-order valence-corrected chi connectivity index (χ4v) is 1.21. The molecule has 0 heterocycles. The zero-order valence-electron chi connectivity index (χ0n) is 10.2. The lowest BCUT2D eigenvalue weighted by molar-refractivity contribution is -0.138. The lowest BCUT2D eigenvalue weighted by Crippen LogP contribution is -2.36. The first kappa shape index (κ1) is 16.4. The molecular formula is C11H20F3NO2. The van der Waals surface area contributed by atoms with Crippen LogP contribution in [-0.4, -0.2) is 53.6 Å². The molecule has 0 spiro atoms. The lowest BCUT2D eigenvalue weighted by Gasteiger charge is -2.23. The number of nitrogens with zero attached hydrogens (tertiary/aromatic N) is 1. The number of hydrogen-bond donors (Lipinski definition) is 2. The zero-order chi connectivity index (χ0) is 13.5. The third-order valence-electron chi connectivity index (χ3n) is 2.15. The predicted molar refractivity (Wildman–Crippen MR) is 59.6 cm³/mol. The van der Waals surface area contributed by atoms with Crippen LogP contribution in [0.3, 0.4) is 0 Å². The van der Waals surface area contributed by atoms with Gasteiger partial charge in [-0.25, -0.2) is 0 Å². The Kier molecular flexibility index (Phi) is 7.41. The number of aliphatic hydroxyl groups excluding tert-OH is 2. The molecule has 0 saturated carbocycles. The Morgan fingerprint density at radius 3 is 2.35 bits per heavy atom. The van der Waals surface area contributed by atoms with E-state index in [4.69, 9.17) is 5.11 Å². The monoisotopic (exact) mass is 255 g/mol. The minimum absolute atomic E-state index is 0.0381. The van der Waals surface area contributed by atoms with Gasteiger partial charge in [0.25, 0.3) is 0 Å². The average Bonchev–Trinajstić information content (AvgIpc) is 2.20. The van der Waals surface area contributed by atoms with E-state index < -0.39 is 25.3 Å². The van der Waals surface area contributed by atoms with Crippen LogP contribution in [0.2, 0.25) is 0 Å². The molecule has 0 aliphatic rings. The standard InChI is InChI=1S/C11H20F3NO2/c1-9(2)3-5-15(7-10(17)8-16)6-4-11(12,13)14/h3,10,16-17H,4-8H2,1-2H3/t10-/m0/s1. The van der Waals surface area contributed by atoms with Crippen molar-refractivity contribution in [3.05, 3.63) is 11.6 Å². The van der Waals surface area contributed by atoms with E-state index in [9.17, 15) is 18.3 Å². The average molecular weight is 255 g/mol. The molecule has 0 unspecified atom stereocenters. The van der Waals surface area contributed by atoms with Crippen LogP contribution in [-0.2, 0) is 0 Å². The molecule has 2 N–H and O–H groups in total. The van der Waals surface area contributed by atoms with Crippen molar-refractivity contribution in [2.45, 2.75) is 32.5 Å². The molecule has 0 rings (SSSR count). The van der Waals surface area contributed by atoms with Crippen molar-refractivity contribution in [3.63, 3.8) is 0 Å². The molecule has 0 aromatic heterocycles. The van der Waals surface area contributed by atoms with Crippen LogP contribution >= 0.6 is 0 Å². The SMILES string of the molecule is CC(C)=CCN(CCC(F)(F)F)C[C@H](O)CO. The van der Waals surface area contributed by atoms with Gasteiger partial charge in [0.2, 0.25) is 0 Å². The minimum Gasteiger partial charge on any atom is -0.394 e. The minimum atomic E-state index is -4.20. The Labute approximate surface area is 99.5 Å². The summed E-state index contributed by atoms with van der Waals surface area (Å²) in [5, 5.41) is 17.9. The summed E-state index contributed by atoms with van der Waals surface area (Å²) in [6, 6.07) is 0. The van der Waals surface area contributed by atoms with Gasteiger partial charge in [0.05, 0.1) is 19.1 Å². The van der Waals surface area contributed by atoms with Gasteiger partial charge < -0.3 is 10.2 Å². The summed E-state index contributed by atoms with van der Waals surface area (Å²) in [7, 11) is 0. The number of rotatable bonds is 7. The van der Waals surface area contributed by atoms with Crippen LogP contribution in [0.25, 0.3) is 0 Å². The summed E-state index contributed by atoms with van der Waals surface area (Å²) in [4.78, 5) is 1.47. The fourth-order valence-electron chi connectivity index (χ4n) is 1.21. The van der Waals surface area contributed by atoms with Gasteiger partial charge in [-0.15, -0.1) is 0 Å². The van der Waals surface area contributed by atoms with Crippen molar-refractivity contribution < 1.29 is 23.4 Å². The third-order valence-corrected chi connectivity index (χ3v) is 2.15. The van der Waals surface area contributed by atoms with E-state index in [2.05, 4.69) is 0 Å². The van der Waals surface area contributed by atoms with Crippen LogP contribution in [0.1, 0.15) is 20.3 Å². The lowest BCUT2D eigenvalue weighted by atomic mass is 10.2. The highest BCUT2D eigenvalue weighted by atomic mass is 19.4. The van der Waals surface area contributed by atoms with E-state index in [0.717, 1.165) is 5.57 Å². The Balaban J connectivity index is 4.25. The van der Waals surface area contributed by atoms with E-state index in [0.29, 0.717) is 6.54 Å². The Morgan fingerprint density at radius 1 is 1.35 bits per heavy atom. The summed E-state index contributed by atoms with van der Waals surface area (Å²) < 4.78 is 36.2. The first-order valence-electron chi connectivity index (χ1n) is 5.46. The van der Waals surface area contributed by atoms with Crippen molar-refractivity contribution in [1.82, 2.24) is 4.90 Å².